The van der Waals surface area contributed by atoms with Crippen molar-refractivity contribution in [1.29, 1.82) is 0 Å². The minimum Gasteiger partial charge on any atom is -0.465 e. The fourth-order valence-electron chi connectivity index (χ4n) is 1.26. The van der Waals surface area contributed by atoms with E-state index in [4.69, 9.17) is 10.2 Å². The summed E-state index contributed by atoms with van der Waals surface area (Å²) < 4.78 is 0. The van der Waals surface area contributed by atoms with Crippen molar-refractivity contribution in [3.63, 3.8) is 0 Å². The molecule has 10 heavy (non-hydrogen) atoms. The third-order valence-corrected chi connectivity index (χ3v) is 1.73. The summed E-state index contributed by atoms with van der Waals surface area (Å²) in [6, 6.07) is -0.0347. The Kier molecular flexibility index (Phi) is 2.11. The highest BCUT2D eigenvalue weighted by molar-refractivity contribution is 5.64. The molecule has 1 aliphatic carbocycles. The molecule has 2 atom stereocenters. The third-order valence-electron chi connectivity index (χ3n) is 1.73. The molecule has 1 amide bonds. The smallest absolute Gasteiger partial charge is 0.404 e. The lowest BCUT2D eigenvalue weighted by Crippen LogP contribution is -2.31. The van der Waals surface area contributed by atoms with Gasteiger partial charge in [-0.2, -0.15) is 0 Å². The molecule has 0 aromatic carbocycles. The first-order valence-electron chi connectivity index (χ1n) is 3.36. The largest absolute Gasteiger partial charge is 0.465 e. The van der Waals surface area contributed by atoms with Crippen molar-refractivity contribution in [3.05, 3.63) is 0 Å². The number of aliphatic hydroxyl groups is 1. The van der Waals surface area contributed by atoms with Crippen LogP contribution >= 0.6 is 0 Å². The first-order chi connectivity index (χ1) is 4.68. The molecule has 58 valence electrons. The SMILES string of the molecule is O=C(O)N[C@H]1CC[C@@H](O)C1. The Hall–Kier alpha value is -0.770. The number of hydrogen-bond acceptors (Lipinski definition) is 2. The Balaban J connectivity index is 2.24. The molecule has 0 unspecified atom stereocenters. The molecule has 4 heteroatoms. The van der Waals surface area contributed by atoms with Crippen LogP contribution in [0.2, 0.25) is 0 Å². The summed E-state index contributed by atoms with van der Waals surface area (Å²) in [6.07, 6.45) is 0.723. The zero-order valence-electron chi connectivity index (χ0n) is 5.58. The van der Waals surface area contributed by atoms with Crippen molar-refractivity contribution in [2.45, 2.75) is 31.4 Å². The molecule has 1 saturated carbocycles. The summed E-state index contributed by atoms with van der Waals surface area (Å²) in [5.41, 5.74) is 0. The predicted molar refractivity (Wildman–Crippen MR) is 34.8 cm³/mol. The maximum absolute atomic E-state index is 10.1. The Morgan fingerprint density at radius 1 is 1.50 bits per heavy atom. The van der Waals surface area contributed by atoms with Gasteiger partial charge in [-0.05, 0) is 19.3 Å². The van der Waals surface area contributed by atoms with Crippen molar-refractivity contribution >= 4 is 6.09 Å². The zero-order chi connectivity index (χ0) is 7.56. The average Bonchev–Trinajstić information content (AvgIpc) is 2.13. The lowest BCUT2D eigenvalue weighted by Gasteiger charge is -2.07. The molecule has 1 aliphatic rings. The second kappa shape index (κ2) is 2.88. The van der Waals surface area contributed by atoms with Gasteiger partial charge in [-0.1, -0.05) is 0 Å². The first kappa shape index (κ1) is 7.34. The van der Waals surface area contributed by atoms with Gasteiger partial charge in [0.25, 0.3) is 0 Å². The van der Waals surface area contributed by atoms with E-state index in [2.05, 4.69) is 5.32 Å². The van der Waals surface area contributed by atoms with E-state index in [1.54, 1.807) is 0 Å². The van der Waals surface area contributed by atoms with E-state index in [1.807, 2.05) is 0 Å². The number of carboxylic acid groups (broad SMARTS) is 1. The summed E-state index contributed by atoms with van der Waals surface area (Å²) >= 11 is 0. The van der Waals surface area contributed by atoms with Crippen LogP contribution in [0.3, 0.4) is 0 Å². The quantitative estimate of drug-likeness (QED) is 0.492. The van der Waals surface area contributed by atoms with E-state index in [9.17, 15) is 4.79 Å². The van der Waals surface area contributed by atoms with Crippen LogP contribution in [0.25, 0.3) is 0 Å². The average molecular weight is 145 g/mol. The van der Waals surface area contributed by atoms with Gasteiger partial charge >= 0.3 is 6.09 Å². The van der Waals surface area contributed by atoms with Crippen LogP contribution in [-0.2, 0) is 0 Å². The Morgan fingerprint density at radius 2 is 2.20 bits per heavy atom. The van der Waals surface area contributed by atoms with Gasteiger partial charge in [-0.25, -0.2) is 4.79 Å². The van der Waals surface area contributed by atoms with E-state index in [-0.39, 0.29) is 12.1 Å². The van der Waals surface area contributed by atoms with Crippen molar-refractivity contribution in [3.8, 4) is 0 Å². The lowest BCUT2D eigenvalue weighted by atomic mass is 10.2. The molecular formula is C6H11NO3. The van der Waals surface area contributed by atoms with Crippen molar-refractivity contribution in [1.82, 2.24) is 5.32 Å². The Bertz CT molecular complexity index is 137. The highest BCUT2D eigenvalue weighted by atomic mass is 16.4. The maximum Gasteiger partial charge on any atom is 0.404 e. The predicted octanol–water partition coefficient (Wildman–Crippen LogP) is 0.167. The van der Waals surface area contributed by atoms with Crippen LogP contribution in [0.4, 0.5) is 4.79 Å². The number of amides is 1. The van der Waals surface area contributed by atoms with Crippen LogP contribution in [0.5, 0.6) is 0 Å². The number of aliphatic hydroxyl groups excluding tert-OH is 1. The first-order valence-corrected chi connectivity index (χ1v) is 3.36. The molecule has 0 bridgehead atoms. The number of carbonyl (C=O) groups is 1. The number of hydrogen-bond donors (Lipinski definition) is 3. The second-order valence-electron chi connectivity index (χ2n) is 2.61. The molecule has 0 saturated heterocycles. The van der Waals surface area contributed by atoms with Crippen molar-refractivity contribution < 1.29 is 15.0 Å². The van der Waals surface area contributed by atoms with Gasteiger partial charge in [-0.15, -0.1) is 0 Å². The molecular weight excluding hydrogens is 134 g/mol. The van der Waals surface area contributed by atoms with Crippen LogP contribution < -0.4 is 5.32 Å². The summed E-state index contributed by atoms with van der Waals surface area (Å²) in [5, 5.41) is 19.6. The molecule has 4 nitrogen and oxygen atoms in total. The maximum atomic E-state index is 10.1. The minimum atomic E-state index is -1.00. The summed E-state index contributed by atoms with van der Waals surface area (Å²) in [7, 11) is 0. The van der Waals surface area contributed by atoms with Crippen molar-refractivity contribution in [2.75, 3.05) is 0 Å². The molecule has 0 heterocycles. The van der Waals surface area contributed by atoms with Gasteiger partial charge in [-0.3, -0.25) is 0 Å². The standard InChI is InChI=1S/C6H11NO3/c8-5-2-1-4(3-5)7-6(9)10/h4-5,7-8H,1-3H2,(H,9,10)/t4-,5+/m0/s1. The van der Waals surface area contributed by atoms with Gasteiger partial charge in [0.15, 0.2) is 0 Å². The van der Waals surface area contributed by atoms with Crippen LogP contribution in [0, 0.1) is 0 Å². The lowest BCUT2D eigenvalue weighted by molar-refractivity contribution is 0.174. The van der Waals surface area contributed by atoms with Gasteiger partial charge in [0.1, 0.15) is 0 Å². The highest BCUT2D eigenvalue weighted by Crippen LogP contribution is 2.18. The van der Waals surface area contributed by atoms with E-state index in [1.165, 1.54) is 0 Å². The van der Waals surface area contributed by atoms with Crippen LogP contribution in [0.1, 0.15) is 19.3 Å². The van der Waals surface area contributed by atoms with Gasteiger partial charge < -0.3 is 15.5 Å². The Morgan fingerprint density at radius 3 is 2.60 bits per heavy atom. The zero-order valence-corrected chi connectivity index (χ0v) is 5.58. The van der Waals surface area contributed by atoms with E-state index in [0.29, 0.717) is 12.8 Å². The highest BCUT2D eigenvalue weighted by Gasteiger charge is 2.23. The Labute approximate surface area is 58.9 Å². The topological polar surface area (TPSA) is 69.6 Å². The summed E-state index contributed by atoms with van der Waals surface area (Å²) in [6.45, 7) is 0. The van der Waals surface area contributed by atoms with Crippen LogP contribution in [-0.4, -0.2) is 28.5 Å². The number of rotatable bonds is 1. The van der Waals surface area contributed by atoms with E-state index >= 15 is 0 Å². The summed E-state index contributed by atoms with van der Waals surface area (Å²) in [5.74, 6) is 0. The normalized spacial score (nSPS) is 32.1. The molecule has 0 radical (unpaired) electrons. The molecule has 0 aliphatic heterocycles. The molecule has 3 N–H and O–H groups in total. The van der Waals surface area contributed by atoms with E-state index in [0.717, 1.165) is 6.42 Å². The van der Waals surface area contributed by atoms with Crippen molar-refractivity contribution in [2.24, 2.45) is 0 Å². The van der Waals surface area contributed by atoms with Gasteiger partial charge in [0.2, 0.25) is 0 Å². The summed E-state index contributed by atoms with van der Waals surface area (Å²) in [4.78, 5) is 10.1. The fourth-order valence-corrected chi connectivity index (χ4v) is 1.26. The number of nitrogens with one attached hydrogen (secondary N) is 1. The monoisotopic (exact) mass is 145 g/mol. The molecule has 1 fully saturated rings. The minimum absolute atomic E-state index is 0.0347. The fraction of sp³-hybridized carbons (Fsp3) is 0.833. The van der Waals surface area contributed by atoms with Gasteiger partial charge in [0, 0.05) is 6.04 Å². The third kappa shape index (κ3) is 1.88. The molecule has 0 aromatic heterocycles. The molecule has 1 rings (SSSR count). The van der Waals surface area contributed by atoms with E-state index < -0.39 is 6.09 Å². The van der Waals surface area contributed by atoms with Gasteiger partial charge in [0.05, 0.1) is 6.10 Å². The molecule has 0 aromatic rings. The molecule has 0 spiro atoms. The second-order valence-corrected chi connectivity index (χ2v) is 2.61. The van der Waals surface area contributed by atoms with Crippen LogP contribution in [0.15, 0.2) is 0 Å².